The predicted molar refractivity (Wildman–Crippen MR) is 147 cm³/mol. The zero-order valence-electron chi connectivity index (χ0n) is 23.6. The van der Waals surface area contributed by atoms with Gasteiger partial charge < -0.3 is 9.80 Å². The van der Waals surface area contributed by atoms with Crippen molar-refractivity contribution < 1.29 is 33.4 Å². The molecule has 1 aliphatic rings. The van der Waals surface area contributed by atoms with Gasteiger partial charge in [-0.05, 0) is 52.0 Å². The van der Waals surface area contributed by atoms with E-state index in [2.05, 4.69) is 58.5 Å². The standard InChI is InChI=1S/C29H29N8.ClHO4/c1-5-34-24(35(6-2)27-26(34)30-20-14-9-10-15-21(20)31-27)18-13-19-25-36(7-3)28-29(37(25)8-4)33-23-17-12-11-16-22(23)32-28;2-1(3,4)5/h9-12,14-18H,5-8H2,1-4H3;(H,2,3,4,5)/q+1;/p-1. The largest absolute Gasteiger partial charge is 0.323 e. The number of anilines is 2. The molecule has 0 fully saturated rings. The summed E-state index contributed by atoms with van der Waals surface area (Å²) >= 11 is 0. The number of benzene rings is 2. The summed E-state index contributed by atoms with van der Waals surface area (Å²) in [6.45, 7) is 11.5. The van der Waals surface area contributed by atoms with Crippen LogP contribution in [0.5, 0.6) is 0 Å². The molecular formula is C29H29ClN8O4. The summed E-state index contributed by atoms with van der Waals surface area (Å²) in [6, 6.07) is 16.0. The Morgan fingerprint density at radius 1 is 0.738 bits per heavy atom. The minimum atomic E-state index is -4.94. The quantitative estimate of drug-likeness (QED) is 0.201. The number of hydrogen-bond donors (Lipinski definition) is 0. The van der Waals surface area contributed by atoms with Gasteiger partial charge in [-0.25, -0.2) is 42.7 Å². The summed E-state index contributed by atoms with van der Waals surface area (Å²) in [5, 5.41) is 0. The molecule has 0 bridgehead atoms. The number of para-hydroxylation sites is 4. The van der Waals surface area contributed by atoms with Crippen molar-refractivity contribution in [2.45, 2.75) is 40.8 Å². The molecule has 6 rings (SSSR count). The lowest BCUT2D eigenvalue weighted by Gasteiger charge is -2.21. The zero-order valence-corrected chi connectivity index (χ0v) is 24.4. The zero-order chi connectivity index (χ0) is 30.0. The van der Waals surface area contributed by atoms with E-state index in [0.717, 1.165) is 82.8 Å². The Balaban J connectivity index is 0.000000652. The van der Waals surface area contributed by atoms with Gasteiger partial charge in [0.15, 0.2) is 17.2 Å². The molecule has 0 spiro atoms. The number of rotatable bonds is 4. The Labute approximate surface area is 244 Å². The fraction of sp³-hybridized carbons (Fsp3) is 0.276. The molecule has 0 radical (unpaired) electrons. The van der Waals surface area contributed by atoms with E-state index in [1.807, 2.05) is 54.6 Å². The lowest BCUT2D eigenvalue weighted by atomic mass is 10.3. The van der Waals surface area contributed by atoms with Crippen molar-refractivity contribution in [3.63, 3.8) is 0 Å². The number of hydrogen-bond acceptors (Lipinski definition) is 10. The van der Waals surface area contributed by atoms with Crippen molar-refractivity contribution in [1.29, 1.82) is 0 Å². The third-order valence-corrected chi connectivity index (χ3v) is 6.81. The van der Waals surface area contributed by atoms with Gasteiger partial charge in [-0.3, -0.25) is 0 Å². The van der Waals surface area contributed by atoms with Gasteiger partial charge in [0.2, 0.25) is 0 Å². The summed E-state index contributed by atoms with van der Waals surface area (Å²) in [6.07, 6.45) is 1.98. The molecule has 2 aromatic carbocycles. The Morgan fingerprint density at radius 2 is 1.21 bits per heavy atom. The number of nitrogens with zero attached hydrogens (tertiary/aromatic N) is 8. The lowest BCUT2D eigenvalue weighted by molar-refractivity contribution is -2.00. The molecule has 1 aliphatic heterocycles. The minimum absolute atomic E-state index is 0.755. The van der Waals surface area contributed by atoms with Crippen LogP contribution in [0.2, 0.25) is 0 Å². The van der Waals surface area contributed by atoms with Crippen molar-refractivity contribution in [3.05, 3.63) is 66.3 Å². The Bertz CT molecular complexity index is 1750. The highest BCUT2D eigenvalue weighted by molar-refractivity contribution is 5.86. The van der Waals surface area contributed by atoms with Crippen LogP contribution in [0, 0.1) is 22.1 Å². The molecule has 0 saturated heterocycles. The van der Waals surface area contributed by atoms with Crippen molar-refractivity contribution in [2.24, 2.45) is 0 Å². The highest BCUT2D eigenvalue weighted by Crippen LogP contribution is 2.39. The van der Waals surface area contributed by atoms with Crippen molar-refractivity contribution >= 4 is 45.0 Å². The van der Waals surface area contributed by atoms with E-state index in [4.69, 9.17) is 38.6 Å². The van der Waals surface area contributed by atoms with Crippen molar-refractivity contribution in [1.82, 2.24) is 24.5 Å². The van der Waals surface area contributed by atoms with Gasteiger partial charge in [0, 0.05) is 25.1 Å². The Hall–Kier alpha value is -4.38. The molecular weight excluding hydrogens is 560 g/mol. The maximum Gasteiger partial charge on any atom is 0.323 e. The lowest BCUT2D eigenvalue weighted by Crippen LogP contribution is -2.68. The van der Waals surface area contributed by atoms with E-state index in [1.165, 1.54) is 0 Å². The number of imidazole rings is 1. The van der Waals surface area contributed by atoms with Gasteiger partial charge >= 0.3 is 5.65 Å². The second kappa shape index (κ2) is 11.8. The smallest absolute Gasteiger partial charge is 0.309 e. The van der Waals surface area contributed by atoms with Crippen molar-refractivity contribution in [2.75, 3.05) is 22.9 Å². The molecule has 42 heavy (non-hydrogen) atoms. The second-order valence-corrected chi connectivity index (χ2v) is 9.93. The van der Waals surface area contributed by atoms with Crippen LogP contribution in [0.3, 0.4) is 0 Å². The molecule has 4 heterocycles. The van der Waals surface area contributed by atoms with E-state index in [-0.39, 0.29) is 0 Å². The van der Waals surface area contributed by atoms with Crippen LogP contribution in [-0.2, 0) is 13.1 Å². The van der Waals surface area contributed by atoms with Gasteiger partial charge in [-0.15, -0.1) is 10.2 Å². The summed E-state index contributed by atoms with van der Waals surface area (Å²) in [7, 11) is -4.94. The molecule has 0 aliphatic carbocycles. The second-order valence-electron chi connectivity index (χ2n) is 9.17. The Morgan fingerprint density at radius 3 is 1.67 bits per heavy atom. The molecule has 5 aromatic rings. The first kappa shape index (κ1) is 29.1. The third-order valence-electron chi connectivity index (χ3n) is 6.81. The highest BCUT2D eigenvalue weighted by Gasteiger charge is 2.32. The first-order valence-electron chi connectivity index (χ1n) is 13.5. The molecule has 0 unspecified atom stereocenters. The topological polar surface area (TPSA) is 159 Å². The monoisotopic (exact) mass is 588 g/mol. The average molecular weight is 589 g/mol. The van der Waals surface area contributed by atoms with E-state index < -0.39 is 10.2 Å². The van der Waals surface area contributed by atoms with Gasteiger partial charge in [-0.2, -0.15) is 0 Å². The maximum atomic E-state index is 8.49. The van der Waals surface area contributed by atoms with Crippen LogP contribution in [0.4, 0.5) is 11.6 Å². The molecule has 12 nitrogen and oxygen atoms in total. The fourth-order valence-electron chi connectivity index (χ4n) is 5.07. The fourth-order valence-corrected chi connectivity index (χ4v) is 5.07. The van der Waals surface area contributed by atoms with Crippen LogP contribution >= 0.6 is 0 Å². The van der Waals surface area contributed by atoms with Crippen LogP contribution in [0.15, 0.2) is 60.4 Å². The number of allylic oxidation sites excluding steroid dienone is 1. The van der Waals surface area contributed by atoms with E-state index in [0.29, 0.717) is 0 Å². The molecule has 0 atom stereocenters. The van der Waals surface area contributed by atoms with Gasteiger partial charge in [0.05, 0.1) is 24.1 Å². The molecule has 0 N–H and O–H groups in total. The molecule has 13 heteroatoms. The number of aryl methyl sites for hydroxylation is 2. The first-order valence-corrected chi connectivity index (χ1v) is 14.8. The van der Waals surface area contributed by atoms with Crippen LogP contribution in [0.25, 0.3) is 33.4 Å². The van der Waals surface area contributed by atoms with Gasteiger partial charge in [0.25, 0.3) is 11.5 Å². The first-order chi connectivity index (χ1) is 20.2. The van der Waals surface area contributed by atoms with Crippen LogP contribution in [-0.4, -0.2) is 37.6 Å². The van der Waals surface area contributed by atoms with Gasteiger partial charge in [0.1, 0.15) is 11.3 Å². The van der Waals surface area contributed by atoms with Crippen molar-refractivity contribution in [3.8, 4) is 11.8 Å². The average Bonchev–Trinajstić information content (AvgIpc) is 3.43. The number of fused-ring (bicyclic) bond motifs is 4. The normalized spacial score (nSPS) is 12.8. The van der Waals surface area contributed by atoms with Crippen LogP contribution < -0.4 is 33.0 Å². The molecule has 0 amide bonds. The summed E-state index contributed by atoms with van der Waals surface area (Å²) < 4.78 is 38.3. The summed E-state index contributed by atoms with van der Waals surface area (Å²) in [5.41, 5.74) is 5.29. The minimum Gasteiger partial charge on any atom is -0.309 e. The molecule has 0 saturated carbocycles. The van der Waals surface area contributed by atoms with Gasteiger partial charge in [-0.1, -0.05) is 35.2 Å². The maximum absolute atomic E-state index is 8.49. The predicted octanol–water partition coefficient (Wildman–Crippen LogP) is -0.342. The molecule has 3 aromatic heterocycles. The van der Waals surface area contributed by atoms with E-state index in [1.54, 1.807) is 0 Å². The number of aromatic nitrogens is 6. The third kappa shape index (κ3) is 5.56. The highest BCUT2D eigenvalue weighted by atomic mass is 35.7. The summed E-state index contributed by atoms with van der Waals surface area (Å²) in [5.74, 6) is 10.4. The SMILES string of the molecule is CCN1C(=CC#Cc2n(CC)c3nc4ccccc4nc3[n+]2CC)N(CC)c2nc3ccccc3nc21.[O-][Cl+3]([O-])([O-])[O-]. The Kier molecular flexibility index (Phi) is 8.22. The van der Waals surface area contributed by atoms with Crippen LogP contribution in [0.1, 0.15) is 33.5 Å². The molecule has 216 valence electrons. The van der Waals surface area contributed by atoms with E-state index in [9.17, 15) is 0 Å². The number of halogens is 1. The van der Waals surface area contributed by atoms with E-state index >= 15 is 0 Å². The summed E-state index contributed by atoms with van der Waals surface area (Å²) in [4.78, 5) is 24.1.